The maximum Gasteiger partial charge on any atom is 0.0644 e. The number of likely N-dealkylation sites (N-methyl/N-ethyl adjacent to an activating group) is 1. The van der Waals surface area contributed by atoms with Gasteiger partial charge in [0.25, 0.3) is 0 Å². The number of methoxy groups -OCH3 is 1. The molecule has 0 bridgehead atoms. The maximum absolute atomic E-state index is 5.28. The van der Waals surface area contributed by atoms with Gasteiger partial charge in [0.1, 0.15) is 0 Å². The molecule has 0 aromatic rings. The lowest BCUT2D eigenvalue weighted by molar-refractivity contribution is -0.0231. The van der Waals surface area contributed by atoms with Crippen LogP contribution in [0, 0.1) is 0 Å². The Hall–Kier alpha value is -0.120. The van der Waals surface area contributed by atoms with Gasteiger partial charge in [-0.1, -0.05) is 13.8 Å². The van der Waals surface area contributed by atoms with Gasteiger partial charge in [-0.2, -0.15) is 0 Å². The van der Waals surface area contributed by atoms with Gasteiger partial charge in [0.2, 0.25) is 0 Å². The summed E-state index contributed by atoms with van der Waals surface area (Å²) in [5, 5.41) is 0. The minimum absolute atomic E-state index is 0.457. The first-order chi connectivity index (χ1) is 5.84. The van der Waals surface area contributed by atoms with Crippen LogP contribution in [-0.4, -0.2) is 51.5 Å². The van der Waals surface area contributed by atoms with E-state index in [-0.39, 0.29) is 0 Å². The quantitative estimate of drug-likeness (QED) is 0.624. The van der Waals surface area contributed by atoms with Crippen LogP contribution >= 0.6 is 0 Å². The molecular formula is C9H21NO2. The number of nitrogens with zero attached hydrogens (tertiary/aromatic N) is 1. The Labute approximate surface area is 75.6 Å². The molecule has 0 aliphatic carbocycles. The molecule has 1 unspecified atom stereocenters. The lowest BCUT2D eigenvalue weighted by Gasteiger charge is -2.31. The first-order valence-corrected chi connectivity index (χ1v) is 4.61. The molecule has 0 amide bonds. The average Bonchev–Trinajstić information content (AvgIpc) is 2.13. The largest absolute Gasteiger partial charge is 0.383 e. The zero-order valence-electron chi connectivity index (χ0n) is 8.67. The molecule has 1 saturated heterocycles. The van der Waals surface area contributed by atoms with Crippen LogP contribution in [0.15, 0.2) is 0 Å². The fourth-order valence-electron chi connectivity index (χ4n) is 1.11. The molecule has 0 saturated carbocycles. The van der Waals surface area contributed by atoms with Gasteiger partial charge in [-0.05, 0) is 7.05 Å². The second kappa shape index (κ2) is 7.53. The van der Waals surface area contributed by atoms with Crippen LogP contribution in [0.25, 0.3) is 0 Å². The lowest BCUT2D eigenvalue weighted by atomic mass is 10.2. The zero-order valence-corrected chi connectivity index (χ0v) is 8.67. The molecule has 1 aliphatic rings. The summed E-state index contributed by atoms with van der Waals surface area (Å²) in [5.74, 6) is 0. The Bertz CT molecular complexity index is 96.5. The third-order valence-electron chi connectivity index (χ3n) is 1.88. The molecule has 1 atom stereocenters. The van der Waals surface area contributed by atoms with Crippen LogP contribution in [-0.2, 0) is 9.47 Å². The summed E-state index contributed by atoms with van der Waals surface area (Å²) in [4.78, 5) is 2.27. The van der Waals surface area contributed by atoms with E-state index in [1.807, 2.05) is 13.8 Å². The van der Waals surface area contributed by atoms with Crippen molar-refractivity contribution in [2.45, 2.75) is 19.9 Å². The van der Waals surface area contributed by atoms with Gasteiger partial charge < -0.3 is 9.47 Å². The van der Waals surface area contributed by atoms with Gasteiger partial charge in [-0.3, -0.25) is 4.90 Å². The molecule has 0 aromatic carbocycles. The van der Waals surface area contributed by atoms with E-state index >= 15 is 0 Å². The van der Waals surface area contributed by atoms with Crippen LogP contribution in [0.3, 0.4) is 0 Å². The smallest absolute Gasteiger partial charge is 0.0644 e. The number of rotatable bonds is 2. The van der Waals surface area contributed by atoms with Crippen molar-refractivity contribution in [2.75, 3.05) is 40.5 Å². The van der Waals surface area contributed by atoms with Crippen LogP contribution in [0.4, 0.5) is 0 Å². The number of hydrogen-bond acceptors (Lipinski definition) is 3. The van der Waals surface area contributed by atoms with E-state index < -0.39 is 0 Å². The predicted molar refractivity (Wildman–Crippen MR) is 50.5 cm³/mol. The fourth-order valence-corrected chi connectivity index (χ4v) is 1.11. The molecule has 0 N–H and O–H groups in total. The molecule has 3 nitrogen and oxygen atoms in total. The van der Waals surface area contributed by atoms with Gasteiger partial charge in [0.05, 0.1) is 25.9 Å². The van der Waals surface area contributed by atoms with Crippen molar-refractivity contribution in [3.8, 4) is 0 Å². The molecule has 1 aliphatic heterocycles. The van der Waals surface area contributed by atoms with Crippen molar-refractivity contribution in [3.05, 3.63) is 0 Å². The molecule has 1 rings (SSSR count). The monoisotopic (exact) mass is 175 g/mol. The number of ether oxygens (including phenoxy) is 2. The Kier molecular flexibility index (Phi) is 7.45. The van der Waals surface area contributed by atoms with Crippen LogP contribution in [0.2, 0.25) is 0 Å². The Morgan fingerprint density at radius 2 is 2.17 bits per heavy atom. The molecule has 1 heterocycles. The summed E-state index contributed by atoms with van der Waals surface area (Å²) in [7, 11) is 3.83. The van der Waals surface area contributed by atoms with E-state index in [1.165, 1.54) is 0 Å². The highest BCUT2D eigenvalue weighted by molar-refractivity contribution is 4.70. The molecule has 0 aromatic heterocycles. The summed E-state index contributed by atoms with van der Waals surface area (Å²) >= 11 is 0. The molecule has 0 radical (unpaired) electrons. The third-order valence-corrected chi connectivity index (χ3v) is 1.88. The fraction of sp³-hybridized carbons (Fsp3) is 1.00. The van der Waals surface area contributed by atoms with Gasteiger partial charge in [-0.15, -0.1) is 0 Å². The lowest BCUT2D eigenvalue weighted by Crippen LogP contribution is -2.45. The normalized spacial score (nSPS) is 24.5. The highest BCUT2D eigenvalue weighted by atomic mass is 16.5. The first kappa shape index (κ1) is 11.9. The standard InChI is InChI=1S/C7H15NO2.C2H6/c1-8-3-4-10-6-7(8)5-9-2;1-2/h7H,3-6H2,1-2H3;1-2H3. The second-order valence-electron chi connectivity index (χ2n) is 2.66. The van der Waals surface area contributed by atoms with E-state index in [0.29, 0.717) is 6.04 Å². The number of morpholine rings is 1. The Balaban J connectivity index is 0.000000561. The SMILES string of the molecule is CC.COCC1COCCN1C. The highest BCUT2D eigenvalue weighted by Gasteiger charge is 2.18. The van der Waals surface area contributed by atoms with E-state index in [2.05, 4.69) is 11.9 Å². The molecule has 1 fully saturated rings. The van der Waals surface area contributed by atoms with Crippen molar-refractivity contribution in [3.63, 3.8) is 0 Å². The van der Waals surface area contributed by atoms with Gasteiger partial charge in [-0.25, -0.2) is 0 Å². The van der Waals surface area contributed by atoms with Gasteiger partial charge in [0, 0.05) is 13.7 Å². The summed E-state index contributed by atoms with van der Waals surface area (Å²) in [6, 6.07) is 0.457. The summed E-state index contributed by atoms with van der Waals surface area (Å²) in [6.45, 7) is 7.46. The Morgan fingerprint density at radius 1 is 1.50 bits per heavy atom. The molecule has 74 valence electrons. The van der Waals surface area contributed by atoms with E-state index in [4.69, 9.17) is 9.47 Å². The second-order valence-corrected chi connectivity index (χ2v) is 2.66. The summed E-state index contributed by atoms with van der Waals surface area (Å²) in [6.07, 6.45) is 0. The van der Waals surface area contributed by atoms with Crippen molar-refractivity contribution in [1.29, 1.82) is 0 Å². The number of hydrogen-bond donors (Lipinski definition) is 0. The highest BCUT2D eigenvalue weighted by Crippen LogP contribution is 2.03. The Morgan fingerprint density at radius 3 is 2.67 bits per heavy atom. The van der Waals surface area contributed by atoms with Crippen LogP contribution in [0.1, 0.15) is 13.8 Å². The molecular weight excluding hydrogens is 154 g/mol. The molecule has 0 spiro atoms. The average molecular weight is 175 g/mol. The van der Waals surface area contributed by atoms with E-state index in [9.17, 15) is 0 Å². The van der Waals surface area contributed by atoms with Gasteiger partial charge >= 0.3 is 0 Å². The zero-order chi connectivity index (χ0) is 9.40. The van der Waals surface area contributed by atoms with Crippen LogP contribution in [0.5, 0.6) is 0 Å². The first-order valence-electron chi connectivity index (χ1n) is 4.61. The van der Waals surface area contributed by atoms with Crippen molar-refractivity contribution in [2.24, 2.45) is 0 Å². The van der Waals surface area contributed by atoms with Crippen molar-refractivity contribution in [1.82, 2.24) is 4.90 Å². The minimum Gasteiger partial charge on any atom is -0.383 e. The summed E-state index contributed by atoms with van der Waals surface area (Å²) < 4.78 is 10.3. The van der Waals surface area contributed by atoms with Crippen molar-refractivity contribution >= 4 is 0 Å². The van der Waals surface area contributed by atoms with Crippen LogP contribution < -0.4 is 0 Å². The topological polar surface area (TPSA) is 21.7 Å². The summed E-state index contributed by atoms with van der Waals surface area (Å²) in [5.41, 5.74) is 0. The molecule has 3 heteroatoms. The molecule has 12 heavy (non-hydrogen) atoms. The third kappa shape index (κ3) is 4.04. The van der Waals surface area contributed by atoms with Gasteiger partial charge in [0.15, 0.2) is 0 Å². The van der Waals surface area contributed by atoms with E-state index in [1.54, 1.807) is 7.11 Å². The predicted octanol–water partition coefficient (Wildman–Crippen LogP) is 0.990. The maximum atomic E-state index is 5.28. The van der Waals surface area contributed by atoms with Crippen molar-refractivity contribution < 1.29 is 9.47 Å². The van der Waals surface area contributed by atoms with E-state index in [0.717, 1.165) is 26.4 Å². The minimum atomic E-state index is 0.457.